The smallest absolute Gasteiger partial charge is 0.358 e. The van der Waals surface area contributed by atoms with Gasteiger partial charge in [-0.2, -0.15) is 0 Å². The topological polar surface area (TPSA) is 97.1 Å². The van der Waals surface area contributed by atoms with E-state index in [0.717, 1.165) is 12.8 Å². The number of rotatable bonds is 6. The molecule has 1 atom stereocenters. The highest BCUT2D eigenvalue weighted by atomic mass is 16.4. The number of aromatic carboxylic acids is 1. The summed E-state index contributed by atoms with van der Waals surface area (Å²) >= 11 is 0. The minimum absolute atomic E-state index is 0.0650. The summed E-state index contributed by atoms with van der Waals surface area (Å²) in [4.78, 5) is 23.2. The van der Waals surface area contributed by atoms with Crippen LogP contribution in [0.5, 0.6) is 0 Å². The van der Waals surface area contributed by atoms with E-state index in [-0.39, 0.29) is 23.6 Å². The molecule has 1 unspecified atom stereocenters. The summed E-state index contributed by atoms with van der Waals surface area (Å²) in [5.74, 6) is -0.995. The molecule has 1 aliphatic carbocycles. The largest absolute Gasteiger partial charge is 0.476 e. The first-order valence-corrected chi connectivity index (χ1v) is 6.87. The van der Waals surface area contributed by atoms with E-state index < -0.39 is 12.0 Å². The second-order valence-electron chi connectivity index (χ2n) is 5.69. The Balaban J connectivity index is 2.24. The van der Waals surface area contributed by atoms with Gasteiger partial charge in [-0.3, -0.25) is 4.79 Å². The van der Waals surface area contributed by atoms with Crippen LogP contribution in [-0.2, 0) is 11.2 Å². The summed E-state index contributed by atoms with van der Waals surface area (Å²) in [7, 11) is 0. The van der Waals surface area contributed by atoms with E-state index in [9.17, 15) is 9.59 Å². The molecule has 0 aliphatic heterocycles. The molecule has 1 fully saturated rings. The zero-order valence-electron chi connectivity index (χ0n) is 12.0. The standard InChI is InChI=1S/C13H20N4O3/c1-7(2)6-10-11(13(19)20)15-16-17(10)8(3)12(18)14-9-4-5-9/h7-9H,4-6H2,1-3H3,(H,14,18)(H,19,20). The van der Waals surface area contributed by atoms with Crippen LogP contribution in [0.2, 0.25) is 0 Å². The minimum atomic E-state index is -1.11. The maximum Gasteiger partial charge on any atom is 0.358 e. The predicted molar refractivity (Wildman–Crippen MR) is 71.4 cm³/mol. The van der Waals surface area contributed by atoms with E-state index in [0.29, 0.717) is 12.1 Å². The number of amides is 1. The Morgan fingerprint density at radius 1 is 1.40 bits per heavy atom. The Bertz CT molecular complexity index is 520. The Hall–Kier alpha value is -1.92. The number of carboxylic acids is 1. The summed E-state index contributed by atoms with van der Waals surface area (Å²) in [6, 6.07) is -0.286. The highest BCUT2D eigenvalue weighted by Gasteiger charge is 2.29. The lowest BCUT2D eigenvalue weighted by molar-refractivity contribution is -0.124. The van der Waals surface area contributed by atoms with Crippen LogP contribution in [-0.4, -0.2) is 38.0 Å². The summed E-state index contributed by atoms with van der Waals surface area (Å²) in [6.45, 7) is 5.68. The van der Waals surface area contributed by atoms with Crippen molar-refractivity contribution >= 4 is 11.9 Å². The number of carbonyl (C=O) groups is 2. The van der Waals surface area contributed by atoms with Gasteiger partial charge >= 0.3 is 5.97 Å². The maximum absolute atomic E-state index is 12.1. The van der Waals surface area contributed by atoms with E-state index in [2.05, 4.69) is 15.6 Å². The van der Waals surface area contributed by atoms with Crippen LogP contribution in [0.1, 0.15) is 55.8 Å². The number of aromatic nitrogens is 3. The molecule has 1 aromatic rings. The number of carboxylic acid groups (broad SMARTS) is 1. The maximum atomic E-state index is 12.1. The Kier molecular flexibility index (Phi) is 4.06. The molecule has 0 saturated heterocycles. The summed E-state index contributed by atoms with van der Waals surface area (Å²) in [5, 5.41) is 19.6. The van der Waals surface area contributed by atoms with Gasteiger partial charge < -0.3 is 10.4 Å². The zero-order valence-corrected chi connectivity index (χ0v) is 12.0. The molecule has 0 aromatic carbocycles. The van der Waals surface area contributed by atoms with Crippen molar-refractivity contribution in [3.8, 4) is 0 Å². The molecule has 0 bridgehead atoms. The first kappa shape index (κ1) is 14.5. The fraction of sp³-hybridized carbons (Fsp3) is 0.692. The van der Waals surface area contributed by atoms with Gasteiger partial charge in [0, 0.05) is 6.04 Å². The van der Waals surface area contributed by atoms with E-state index >= 15 is 0 Å². The van der Waals surface area contributed by atoms with Gasteiger partial charge in [0.2, 0.25) is 5.91 Å². The minimum Gasteiger partial charge on any atom is -0.476 e. The molecule has 110 valence electrons. The average molecular weight is 280 g/mol. The SMILES string of the molecule is CC(C)Cc1c(C(=O)O)nnn1C(C)C(=O)NC1CC1. The number of hydrogen-bond acceptors (Lipinski definition) is 4. The Labute approximate surface area is 117 Å². The van der Waals surface area contributed by atoms with E-state index in [1.54, 1.807) is 6.92 Å². The lowest BCUT2D eigenvalue weighted by atomic mass is 10.1. The monoisotopic (exact) mass is 280 g/mol. The van der Waals surface area contributed by atoms with Gasteiger partial charge in [0.25, 0.3) is 0 Å². The van der Waals surface area contributed by atoms with Crippen molar-refractivity contribution in [2.75, 3.05) is 0 Å². The second kappa shape index (κ2) is 5.60. The van der Waals surface area contributed by atoms with Gasteiger partial charge in [0.1, 0.15) is 6.04 Å². The number of nitrogens with one attached hydrogen (secondary N) is 1. The highest BCUT2D eigenvalue weighted by molar-refractivity contribution is 5.87. The molecule has 2 rings (SSSR count). The molecule has 7 nitrogen and oxygen atoms in total. The quantitative estimate of drug-likeness (QED) is 0.810. The third kappa shape index (κ3) is 3.15. The van der Waals surface area contributed by atoms with Crippen molar-refractivity contribution < 1.29 is 14.7 Å². The third-order valence-electron chi connectivity index (χ3n) is 3.27. The van der Waals surface area contributed by atoms with Crippen LogP contribution >= 0.6 is 0 Å². The van der Waals surface area contributed by atoms with Crippen molar-refractivity contribution in [3.63, 3.8) is 0 Å². The van der Waals surface area contributed by atoms with Crippen LogP contribution in [0.15, 0.2) is 0 Å². The first-order chi connectivity index (χ1) is 9.40. The van der Waals surface area contributed by atoms with Crippen molar-refractivity contribution in [1.82, 2.24) is 20.3 Å². The molecule has 1 saturated carbocycles. The summed E-state index contributed by atoms with van der Waals surface area (Å²) < 4.78 is 1.43. The average Bonchev–Trinajstić information content (AvgIpc) is 3.06. The van der Waals surface area contributed by atoms with Crippen LogP contribution in [0.3, 0.4) is 0 Å². The van der Waals surface area contributed by atoms with Crippen LogP contribution < -0.4 is 5.32 Å². The van der Waals surface area contributed by atoms with Crippen molar-refractivity contribution in [3.05, 3.63) is 11.4 Å². The van der Waals surface area contributed by atoms with Crippen molar-refractivity contribution in [2.45, 2.75) is 52.1 Å². The zero-order chi connectivity index (χ0) is 14.9. The van der Waals surface area contributed by atoms with Crippen LogP contribution in [0.4, 0.5) is 0 Å². The molecular formula is C13H20N4O3. The molecular weight excluding hydrogens is 260 g/mol. The number of nitrogens with zero attached hydrogens (tertiary/aromatic N) is 3. The van der Waals surface area contributed by atoms with Gasteiger partial charge in [-0.25, -0.2) is 9.48 Å². The molecule has 2 N–H and O–H groups in total. The third-order valence-corrected chi connectivity index (χ3v) is 3.27. The van der Waals surface area contributed by atoms with Crippen LogP contribution in [0, 0.1) is 5.92 Å². The van der Waals surface area contributed by atoms with Gasteiger partial charge in [-0.05, 0) is 32.1 Å². The first-order valence-electron chi connectivity index (χ1n) is 6.87. The Morgan fingerprint density at radius 3 is 2.55 bits per heavy atom. The summed E-state index contributed by atoms with van der Waals surface area (Å²) in [6.07, 6.45) is 2.54. The number of carbonyl (C=O) groups excluding carboxylic acids is 1. The van der Waals surface area contributed by atoms with E-state index in [1.165, 1.54) is 4.68 Å². The summed E-state index contributed by atoms with van der Waals surface area (Å²) in [5.41, 5.74) is 0.440. The van der Waals surface area contributed by atoms with Crippen molar-refractivity contribution in [1.29, 1.82) is 0 Å². The lowest BCUT2D eigenvalue weighted by Crippen LogP contribution is -2.33. The molecule has 1 heterocycles. The van der Waals surface area contributed by atoms with E-state index in [1.807, 2.05) is 13.8 Å². The number of hydrogen-bond donors (Lipinski definition) is 2. The molecule has 0 spiro atoms. The van der Waals surface area contributed by atoms with Crippen LogP contribution in [0.25, 0.3) is 0 Å². The van der Waals surface area contributed by atoms with Gasteiger partial charge in [-0.1, -0.05) is 19.1 Å². The van der Waals surface area contributed by atoms with E-state index in [4.69, 9.17) is 5.11 Å². The molecule has 1 aliphatic rings. The van der Waals surface area contributed by atoms with Gasteiger partial charge in [0.05, 0.1) is 5.69 Å². The molecule has 0 radical (unpaired) electrons. The highest BCUT2D eigenvalue weighted by Crippen LogP contribution is 2.21. The molecule has 7 heteroatoms. The van der Waals surface area contributed by atoms with Crippen molar-refractivity contribution in [2.24, 2.45) is 5.92 Å². The van der Waals surface area contributed by atoms with Gasteiger partial charge in [0.15, 0.2) is 5.69 Å². The predicted octanol–water partition coefficient (Wildman–Crippen LogP) is 1.01. The normalized spacial score (nSPS) is 16.2. The Morgan fingerprint density at radius 2 is 2.05 bits per heavy atom. The fourth-order valence-corrected chi connectivity index (χ4v) is 2.03. The second-order valence-corrected chi connectivity index (χ2v) is 5.69. The molecule has 20 heavy (non-hydrogen) atoms. The lowest BCUT2D eigenvalue weighted by Gasteiger charge is -2.15. The fourth-order valence-electron chi connectivity index (χ4n) is 2.03. The molecule has 1 amide bonds. The molecule has 1 aromatic heterocycles. The van der Waals surface area contributed by atoms with Gasteiger partial charge in [-0.15, -0.1) is 5.10 Å².